The number of nitrogens with one attached hydrogen (secondary N) is 1. The Morgan fingerprint density at radius 3 is 2.12 bits per heavy atom. The van der Waals surface area contributed by atoms with Crippen LogP contribution in [0.2, 0.25) is 0 Å². The number of rotatable bonds is 5. The number of carbonyl (C=O) groups excluding carboxylic acids is 2. The molecule has 1 N–H and O–H groups in total. The molecule has 1 aliphatic rings. The molecular weight excluding hydrogens is 300 g/mol. The first-order valence-electron chi connectivity index (χ1n) is 8.26. The zero-order valence-corrected chi connectivity index (χ0v) is 14.0. The van der Waals surface area contributed by atoms with Gasteiger partial charge >= 0.3 is 6.03 Å². The van der Waals surface area contributed by atoms with E-state index in [-0.39, 0.29) is 17.9 Å². The summed E-state index contributed by atoms with van der Waals surface area (Å²) in [5, 5.41) is 2.97. The molecular formula is C20H22N2O2. The van der Waals surface area contributed by atoms with Gasteiger partial charge < -0.3 is 5.32 Å². The van der Waals surface area contributed by atoms with Crippen molar-refractivity contribution in [3.05, 3.63) is 71.8 Å². The molecule has 1 atom stereocenters. The van der Waals surface area contributed by atoms with Crippen molar-refractivity contribution >= 4 is 11.9 Å². The Morgan fingerprint density at radius 1 is 0.958 bits per heavy atom. The van der Waals surface area contributed by atoms with Gasteiger partial charge in [0.25, 0.3) is 5.91 Å². The maximum Gasteiger partial charge on any atom is 0.325 e. The lowest BCUT2D eigenvalue weighted by molar-refractivity contribution is -0.132. The summed E-state index contributed by atoms with van der Waals surface area (Å²) in [7, 11) is 0. The van der Waals surface area contributed by atoms with Gasteiger partial charge in [0, 0.05) is 13.0 Å². The highest BCUT2D eigenvalue weighted by molar-refractivity contribution is 6.07. The quantitative estimate of drug-likeness (QED) is 0.858. The topological polar surface area (TPSA) is 49.4 Å². The summed E-state index contributed by atoms with van der Waals surface area (Å²) in [4.78, 5) is 27.1. The van der Waals surface area contributed by atoms with Gasteiger partial charge in [-0.15, -0.1) is 0 Å². The zero-order chi connectivity index (χ0) is 17.2. The molecule has 0 radical (unpaired) electrons. The summed E-state index contributed by atoms with van der Waals surface area (Å²) < 4.78 is 0. The van der Waals surface area contributed by atoms with Crippen LogP contribution in [0.3, 0.4) is 0 Å². The van der Waals surface area contributed by atoms with E-state index in [9.17, 15) is 9.59 Å². The lowest BCUT2D eigenvalue weighted by atomic mass is 9.83. The first kappa shape index (κ1) is 16.2. The van der Waals surface area contributed by atoms with Crippen molar-refractivity contribution in [2.75, 3.05) is 6.54 Å². The molecule has 0 aromatic heterocycles. The molecule has 0 aliphatic carbocycles. The van der Waals surface area contributed by atoms with E-state index in [0.717, 1.165) is 11.1 Å². The SMILES string of the molecule is CC(C)CN1C(=O)N[C@@](Cc2ccccc2)(c2ccccc2)C1=O. The molecule has 4 heteroatoms. The number of hydrogen-bond acceptors (Lipinski definition) is 2. The van der Waals surface area contributed by atoms with E-state index < -0.39 is 5.54 Å². The van der Waals surface area contributed by atoms with Crippen LogP contribution in [0, 0.1) is 5.92 Å². The van der Waals surface area contributed by atoms with Crippen LogP contribution in [-0.4, -0.2) is 23.4 Å². The van der Waals surface area contributed by atoms with Gasteiger partial charge in [-0.3, -0.25) is 9.69 Å². The molecule has 1 saturated heterocycles. The minimum atomic E-state index is -1.03. The van der Waals surface area contributed by atoms with Crippen LogP contribution in [0.15, 0.2) is 60.7 Å². The third kappa shape index (κ3) is 2.92. The number of carbonyl (C=O) groups is 2. The van der Waals surface area contributed by atoms with E-state index in [1.165, 1.54) is 4.90 Å². The third-order valence-electron chi connectivity index (χ3n) is 4.30. The molecule has 1 fully saturated rings. The van der Waals surface area contributed by atoms with Crippen LogP contribution in [-0.2, 0) is 16.8 Å². The smallest absolute Gasteiger partial charge is 0.319 e. The van der Waals surface area contributed by atoms with Gasteiger partial charge in [-0.2, -0.15) is 0 Å². The van der Waals surface area contributed by atoms with E-state index in [0.29, 0.717) is 13.0 Å². The van der Waals surface area contributed by atoms with E-state index in [2.05, 4.69) is 5.32 Å². The van der Waals surface area contributed by atoms with Crippen LogP contribution in [0.1, 0.15) is 25.0 Å². The first-order valence-corrected chi connectivity index (χ1v) is 8.26. The highest BCUT2D eigenvalue weighted by atomic mass is 16.2. The maximum atomic E-state index is 13.2. The molecule has 2 aromatic rings. The predicted octanol–water partition coefficient (Wildman–Crippen LogP) is 3.33. The fourth-order valence-corrected chi connectivity index (χ4v) is 3.20. The lowest BCUT2D eigenvalue weighted by Gasteiger charge is -2.28. The Balaban J connectivity index is 2.04. The Hall–Kier alpha value is -2.62. The van der Waals surface area contributed by atoms with Crippen molar-refractivity contribution in [3.63, 3.8) is 0 Å². The van der Waals surface area contributed by atoms with Gasteiger partial charge in [-0.1, -0.05) is 74.5 Å². The molecule has 0 spiro atoms. The van der Waals surface area contributed by atoms with Gasteiger partial charge in [-0.05, 0) is 17.0 Å². The standard InChI is InChI=1S/C20H22N2O2/c1-15(2)14-22-18(23)20(21-19(22)24,17-11-7-4-8-12-17)13-16-9-5-3-6-10-16/h3-12,15H,13-14H2,1-2H3,(H,21,24)/t20-/m0/s1. The molecule has 0 saturated carbocycles. The summed E-state index contributed by atoms with van der Waals surface area (Å²) in [5.74, 6) is 0.0549. The summed E-state index contributed by atoms with van der Waals surface area (Å²) in [6, 6.07) is 19.0. The van der Waals surface area contributed by atoms with Crippen LogP contribution >= 0.6 is 0 Å². The van der Waals surface area contributed by atoms with Crippen LogP contribution in [0.25, 0.3) is 0 Å². The molecule has 3 amide bonds. The highest BCUT2D eigenvalue weighted by Crippen LogP contribution is 2.33. The molecule has 3 rings (SSSR count). The van der Waals surface area contributed by atoms with Crippen molar-refractivity contribution in [1.82, 2.24) is 10.2 Å². The van der Waals surface area contributed by atoms with Gasteiger partial charge in [0.05, 0.1) is 0 Å². The fraction of sp³-hybridized carbons (Fsp3) is 0.300. The number of benzene rings is 2. The van der Waals surface area contributed by atoms with Crippen LogP contribution < -0.4 is 5.32 Å². The monoisotopic (exact) mass is 322 g/mol. The van der Waals surface area contributed by atoms with E-state index in [4.69, 9.17) is 0 Å². The lowest BCUT2D eigenvalue weighted by Crippen LogP contribution is -2.46. The molecule has 2 aromatic carbocycles. The maximum absolute atomic E-state index is 13.2. The number of amides is 3. The number of urea groups is 1. The number of hydrogen-bond donors (Lipinski definition) is 1. The molecule has 0 unspecified atom stereocenters. The van der Waals surface area contributed by atoms with E-state index >= 15 is 0 Å². The Bertz CT molecular complexity index is 728. The summed E-state index contributed by atoms with van der Waals surface area (Å²) in [6.07, 6.45) is 0.441. The fourth-order valence-electron chi connectivity index (χ4n) is 3.20. The van der Waals surface area contributed by atoms with E-state index in [1.54, 1.807) is 0 Å². The second-order valence-electron chi connectivity index (χ2n) is 6.67. The minimum Gasteiger partial charge on any atom is -0.319 e. The summed E-state index contributed by atoms with van der Waals surface area (Å²) in [5.41, 5.74) is 0.800. The first-order chi connectivity index (χ1) is 11.5. The van der Waals surface area contributed by atoms with Crippen molar-refractivity contribution in [2.24, 2.45) is 5.92 Å². The van der Waals surface area contributed by atoms with Crippen molar-refractivity contribution in [3.8, 4) is 0 Å². The number of imide groups is 1. The van der Waals surface area contributed by atoms with E-state index in [1.807, 2.05) is 74.5 Å². The normalized spacial score (nSPS) is 20.5. The van der Waals surface area contributed by atoms with Crippen molar-refractivity contribution < 1.29 is 9.59 Å². The molecule has 24 heavy (non-hydrogen) atoms. The van der Waals surface area contributed by atoms with Gasteiger partial charge in [-0.25, -0.2) is 4.79 Å². The second-order valence-corrected chi connectivity index (χ2v) is 6.67. The Kier molecular flexibility index (Phi) is 4.38. The zero-order valence-electron chi connectivity index (χ0n) is 14.0. The molecule has 1 aliphatic heterocycles. The largest absolute Gasteiger partial charge is 0.325 e. The molecule has 124 valence electrons. The number of nitrogens with zero attached hydrogens (tertiary/aromatic N) is 1. The van der Waals surface area contributed by atoms with Crippen LogP contribution in [0.5, 0.6) is 0 Å². The van der Waals surface area contributed by atoms with Crippen molar-refractivity contribution in [1.29, 1.82) is 0 Å². The van der Waals surface area contributed by atoms with Crippen molar-refractivity contribution in [2.45, 2.75) is 25.8 Å². The summed E-state index contributed by atoms with van der Waals surface area (Å²) >= 11 is 0. The second kappa shape index (κ2) is 6.48. The average molecular weight is 322 g/mol. The average Bonchev–Trinajstić information content (AvgIpc) is 2.81. The highest BCUT2D eigenvalue weighted by Gasteiger charge is 2.52. The Labute approximate surface area is 142 Å². The predicted molar refractivity (Wildman–Crippen MR) is 93.3 cm³/mol. The molecule has 4 nitrogen and oxygen atoms in total. The Morgan fingerprint density at radius 2 is 1.54 bits per heavy atom. The van der Waals surface area contributed by atoms with Gasteiger partial charge in [0.1, 0.15) is 0 Å². The molecule has 1 heterocycles. The van der Waals surface area contributed by atoms with Gasteiger partial charge in [0.2, 0.25) is 0 Å². The van der Waals surface area contributed by atoms with Crippen LogP contribution in [0.4, 0.5) is 4.79 Å². The molecule has 0 bridgehead atoms. The minimum absolute atomic E-state index is 0.170. The summed E-state index contributed by atoms with van der Waals surface area (Å²) in [6.45, 7) is 4.43. The third-order valence-corrected chi connectivity index (χ3v) is 4.30. The van der Waals surface area contributed by atoms with Gasteiger partial charge in [0.15, 0.2) is 5.54 Å².